The normalized spacial score (nSPS) is 17.3. The Morgan fingerprint density at radius 1 is 0.766 bits per heavy atom. The van der Waals surface area contributed by atoms with Crippen LogP contribution in [0.2, 0.25) is 0 Å². The maximum Gasteiger partial charge on any atom is 0.524 e. The number of nitrogens with zero attached hydrogens (tertiary/aromatic N) is 1. The van der Waals surface area contributed by atoms with Gasteiger partial charge in [-0.05, 0) is 66.2 Å². The molecule has 9 N–H and O–H groups in total. The summed E-state index contributed by atoms with van der Waals surface area (Å²) in [6.07, 6.45) is 2.29. The highest BCUT2D eigenvalue weighted by atomic mass is 31.2. The van der Waals surface area contributed by atoms with Crippen LogP contribution in [0.15, 0.2) is 54.6 Å². The smallest absolute Gasteiger partial charge is 0.404 e. The second kappa shape index (κ2) is 24.8. The maximum atomic E-state index is 14.5. The molecule has 0 aromatic heterocycles. The molecule has 19 heteroatoms. The van der Waals surface area contributed by atoms with Crippen molar-refractivity contribution < 1.29 is 52.4 Å². The molecule has 1 aliphatic heterocycles. The van der Waals surface area contributed by atoms with Crippen molar-refractivity contribution in [3.8, 4) is 5.75 Å². The summed E-state index contributed by atoms with van der Waals surface area (Å²) in [5.74, 6) is -4.79. The fourth-order valence-electron chi connectivity index (χ4n) is 7.30. The van der Waals surface area contributed by atoms with Gasteiger partial charge in [0.15, 0.2) is 0 Å². The molecule has 2 aromatic rings. The van der Waals surface area contributed by atoms with Crippen molar-refractivity contribution in [2.75, 3.05) is 6.54 Å². The lowest BCUT2D eigenvalue weighted by Crippen LogP contribution is -2.61. The van der Waals surface area contributed by atoms with Crippen LogP contribution in [0.3, 0.4) is 0 Å². The Morgan fingerprint density at radius 2 is 1.31 bits per heavy atom. The first kappa shape index (κ1) is 53.2. The molecular weight excluding hydrogens is 846 g/mol. The molecule has 8 atom stereocenters. The Kier molecular flexibility index (Phi) is 20.6. The Morgan fingerprint density at radius 3 is 1.83 bits per heavy atom. The number of amides is 6. The largest absolute Gasteiger partial charge is 0.524 e. The van der Waals surface area contributed by atoms with E-state index in [1.165, 1.54) is 29.2 Å². The molecule has 1 heterocycles. The Labute approximate surface area is 376 Å². The Bertz CT molecular complexity index is 1940. The molecule has 18 nitrogen and oxygen atoms in total. The van der Waals surface area contributed by atoms with Crippen LogP contribution >= 0.6 is 7.82 Å². The number of hydrogen-bond donors (Lipinski definition) is 8. The van der Waals surface area contributed by atoms with Crippen LogP contribution in [-0.2, 0) is 51.0 Å². The molecular formula is C45H68N7O11P. The summed E-state index contributed by atoms with van der Waals surface area (Å²) in [6.45, 7) is 14.7. The van der Waals surface area contributed by atoms with E-state index in [1.807, 2.05) is 20.8 Å². The molecule has 0 aliphatic carbocycles. The molecule has 0 unspecified atom stereocenters. The van der Waals surface area contributed by atoms with Crippen LogP contribution in [0.1, 0.15) is 92.2 Å². The summed E-state index contributed by atoms with van der Waals surface area (Å²) in [6, 6.07) is 6.96. The number of nitrogens with two attached hydrogens (primary N) is 1. The zero-order valence-corrected chi connectivity index (χ0v) is 39.0. The second-order valence-electron chi connectivity index (χ2n) is 17.7. The first-order valence-electron chi connectivity index (χ1n) is 22.0. The van der Waals surface area contributed by atoms with Crippen LogP contribution in [0, 0.1) is 23.7 Å². The average Bonchev–Trinajstić information content (AvgIpc) is 3.73. The molecule has 2 aromatic carbocycles. The second-order valence-corrected chi connectivity index (χ2v) is 18.8. The maximum absolute atomic E-state index is 14.5. The van der Waals surface area contributed by atoms with Crippen LogP contribution in [-0.4, -0.2) is 105 Å². The van der Waals surface area contributed by atoms with E-state index in [0.29, 0.717) is 43.1 Å². The molecule has 64 heavy (non-hydrogen) atoms. The lowest BCUT2D eigenvalue weighted by molar-refractivity contribution is -0.143. The number of carbonyl (C=O) groups excluding carboxylic acids is 7. The third-order valence-electron chi connectivity index (χ3n) is 11.2. The molecule has 0 radical (unpaired) electrons. The SMILES string of the molecule is CC[C@H](C)[C@H](NC(=O)[C@@H](N)C(C)C)C(=O)N[C@@H](Cc1ccc(OP(=O)(O)O)cc1)C(=O)N[C@@H](Cc1ccccc1)C(=O)N[C@H](C(=O)N1CCC[C@H]1C(=O)N[C@H](C=O)CC(C)C)C(C)C. The zero-order valence-electron chi connectivity index (χ0n) is 38.1. The first-order valence-corrected chi connectivity index (χ1v) is 23.5. The first-order chi connectivity index (χ1) is 30.0. The minimum atomic E-state index is -4.87. The van der Waals surface area contributed by atoms with Crippen LogP contribution in [0.25, 0.3) is 0 Å². The summed E-state index contributed by atoms with van der Waals surface area (Å²) in [4.78, 5) is 115. The van der Waals surface area contributed by atoms with Gasteiger partial charge in [-0.15, -0.1) is 0 Å². The van der Waals surface area contributed by atoms with Crippen LogP contribution < -0.4 is 36.8 Å². The fraction of sp³-hybridized carbons (Fsp3) is 0.578. The van der Waals surface area contributed by atoms with Gasteiger partial charge in [0.05, 0.1) is 12.1 Å². The van der Waals surface area contributed by atoms with Crippen molar-refractivity contribution in [2.45, 2.75) is 136 Å². The van der Waals surface area contributed by atoms with Crippen molar-refractivity contribution in [3.05, 3.63) is 65.7 Å². The van der Waals surface area contributed by atoms with E-state index in [-0.39, 0.29) is 37.0 Å². The van der Waals surface area contributed by atoms with Gasteiger partial charge in [-0.1, -0.05) is 104 Å². The van der Waals surface area contributed by atoms with E-state index in [9.17, 15) is 47.9 Å². The molecule has 3 rings (SSSR count). The van der Waals surface area contributed by atoms with Gasteiger partial charge in [0, 0.05) is 19.4 Å². The van der Waals surface area contributed by atoms with E-state index >= 15 is 0 Å². The zero-order chi connectivity index (χ0) is 47.9. The summed E-state index contributed by atoms with van der Waals surface area (Å²) >= 11 is 0. The molecule has 354 valence electrons. The van der Waals surface area contributed by atoms with Crippen molar-refractivity contribution in [2.24, 2.45) is 29.4 Å². The molecule has 0 saturated carbocycles. The fourth-order valence-corrected chi connectivity index (χ4v) is 7.70. The topological polar surface area (TPSA) is 276 Å². The highest BCUT2D eigenvalue weighted by Gasteiger charge is 2.40. The number of likely N-dealkylation sites (tertiary alicyclic amines) is 1. The van der Waals surface area contributed by atoms with Crippen molar-refractivity contribution in [3.63, 3.8) is 0 Å². The number of rotatable bonds is 24. The summed E-state index contributed by atoms with van der Waals surface area (Å²) < 4.78 is 16.1. The van der Waals surface area contributed by atoms with Gasteiger partial charge < -0.3 is 46.5 Å². The number of hydrogen-bond acceptors (Lipinski definition) is 10. The van der Waals surface area contributed by atoms with Crippen LogP contribution in [0.5, 0.6) is 5.75 Å². The third-order valence-corrected chi connectivity index (χ3v) is 11.7. The highest BCUT2D eigenvalue weighted by molar-refractivity contribution is 7.46. The monoisotopic (exact) mass is 913 g/mol. The van der Waals surface area contributed by atoms with Gasteiger partial charge >= 0.3 is 7.82 Å². The summed E-state index contributed by atoms with van der Waals surface area (Å²) in [5.41, 5.74) is 7.21. The van der Waals surface area contributed by atoms with E-state index < -0.39 is 97.4 Å². The van der Waals surface area contributed by atoms with E-state index in [4.69, 9.17) is 5.73 Å². The van der Waals surface area contributed by atoms with Gasteiger partial charge in [0.1, 0.15) is 42.2 Å². The molecule has 1 saturated heterocycles. The number of nitrogens with one attached hydrogen (secondary N) is 5. The number of aldehydes is 1. The Balaban J connectivity index is 1.98. The van der Waals surface area contributed by atoms with Gasteiger partial charge in [-0.25, -0.2) is 4.57 Å². The molecule has 6 amide bonds. The van der Waals surface area contributed by atoms with Crippen molar-refractivity contribution in [1.29, 1.82) is 0 Å². The third kappa shape index (κ3) is 16.4. The quantitative estimate of drug-likeness (QED) is 0.0557. The minimum Gasteiger partial charge on any atom is -0.404 e. The standard InChI is InChI=1S/C45H68N7O11P/c1-9-29(8)39(51-43(57)37(46)27(4)5)44(58)49-34(24-31-17-19-33(20-18-31)63-64(60,61)62)40(54)48-35(23-30-14-11-10-12-15-30)41(55)50-38(28(6)7)45(59)52-21-13-16-36(52)42(56)47-32(25-53)22-26(2)3/h10-12,14-15,17-20,25-29,32,34-39H,9,13,16,21-24,46H2,1-8H3,(H,47,56)(H,48,54)(H,49,58)(H,50,55)(H,51,57)(H2,60,61,62)/t29-,32-,34-,35-,36-,37-,38-,39-/m0/s1. The van der Waals surface area contributed by atoms with Crippen molar-refractivity contribution >= 4 is 49.6 Å². The molecule has 0 spiro atoms. The van der Waals surface area contributed by atoms with E-state index in [1.54, 1.807) is 65.0 Å². The number of benzene rings is 2. The predicted octanol–water partition coefficient (Wildman–Crippen LogP) is 2.29. The molecule has 1 fully saturated rings. The van der Waals surface area contributed by atoms with E-state index in [0.717, 1.165) is 0 Å². The number of phosphoric ester groups is 1. The van der Waals surface area contributed by atoms with Crippen LogP contribution in [0.4, 0.5) is 0 Å². The number of carbonyl (C=O) groups is 7. The summed E-state index contributed by atoms with van der Waals surface area (Å²) in [5, 5.41) is 13.9. The molecule has 0 bridgehead atoms. The minimum absolute atomic E-state index is 0.0250. The number of phosphoric acid groups is 1. The van der Waals surface area contributed by atoms with Crippen molar-refractivity contribution in [1.82, 2.24) is 31.5 Å². The van der Waals surface area contributed by atoms with E-state index in [2.05, 4.69) is 31.1 Å². The predicted molar refractivity (Wildman–Crippen MR) is 240 cm³/mol. The Hall–Kier alpha value is -5.16. The van der Waals surface area contributed by atoms with Gasteiger partial charge in [-0.3, -0.25) is 38.6 Å². The van der Waals surface area contributed by atoms with Gasteiger partial charge in [0.2, 0.25) is 35.4 Å². The highest BCUT2D eigenvalue weighted by Crippen LogP contribution is 2.37. The lowest BCUT2D eigenvalue weighted by atomic mass is 9.95. The average molecular weight is 914 g/mol. The summed E-state index contributed by atoms with van der Waals surface area (Å²) in [7, 11) is -4.87. The molecule has 1 aliphatic rings. The van der Waals surface area contributed by atoms with Gasteiger partial charge in [-0.2, -0.15) is 0 Å². The van der Waals surface area contributed by atoms with Gasteiger partial charge in [0.25, 0.3) is 0 Å². The lowest BCUT2D eigenvalue weighted by Gasteiger charge is -2.32.